The zero-order valence-corrected chi connectivity index (χ0v) is 13.0. The molecule has 19 heavy (non-hydrogen) atoms. The first-order valence-corrected chi connectivity index (χ1v) is 8.18. The molecule has 1 heterocycles. The molecular weight excluding hydrogens is 259 g/mol. The minimum absolute atomic E-state index is 0.220. The van der Waals surface area contributed by atoms with E-state index < -0.39 is 0 Å². The number of rotatable bonds is 1. The topological polar surface area (TPSA) is 35.8 Å². The number of hydrogen-bond donors (Lipinski definition) is 1. The summed E-state index contributed by atoms with van der Waals surface area (Å²) in [5, 5.41) is 12.0. The van der Waals surface area contributed by atoms with Gasteiger partial charge in [-0.1, -0.05) is 13.8 Å². The normalized spacial score (nSPS) is 16.5. The zero-order valence-electron chi connectivity index (χ0n) is 12.2. The van der Waals surface area contributed by atoms with Crippen LogP contribution in [0.25, 0.3) is 0 Å². The fourth-order valence-electron chi connectivity index (χ4n) is 1.85. The molecule has 106 valence electrons. The fraction of sp³-hybridized carbons (Fsp3) is 0.533. The minimum atomic E-state index is -0.326. The highest BCUT2D eigenvalue weighted by Crippen LogP contribution is 2.24. The summed E-state index contributed by atoms with van der Waals surface area (Å²) in [6.07, 6.45) is 6.22. The first-order chi connectivity index (χ1) is 9.21. The van der Waals surface area contributed by atoms with Crippen molar-refractivity contribution >= 4 is 11.8 Å². The summed E-state index contributed by atoms with van der Waals surface area (Å²) < 4.78 is 13.1. The molecule has 1 N–H and O–H groups in total. The van der Waals surface area contributed by atoms with Crippen LogP contribution in [0, 0.1) is 17.1 Å². The molecule has 1 aliphatic heterocycles. The number of halogens is 1. The molecule has 1 saturated heterocycles. The average molecular weight is 282 g/mol. The van der Waals surface area contributed by atoms with Gasteiger partial charge in [0.2, 0.25) is 0 Å². The molecule has 0 radical (unpaired) electrons. The summed E-state index contributed by atoms with van der Waals surface area (Å²) in [6, 6.07) is 6.71. The molecule has 0 bridgehead atoms. The third kappa shape index (κ3) is 6.60. The maximum Gasteiger partial charge on any atom is 0.124 e. The number of nitrogens with zero attached hydrogens (tertiary/aromatic N) is 1. The molecule has 1 aromatic carbocycles. The predicted molar refractivity (Wildman–Crippen MR) is 81.9 cm³/mol. The van der Waals surface area contributed by atoms with Crippen molar-refractivity contribution in [3.05, 3.63) is 35.1 Å². The Balaban J connectivity index is 0.000000573. The lowest BCUT2D eigenvalue weighted by Gasteiger charge is -2.10. The van der Waals surface area contributed by atoms with Crippen LogP contribution < -0.4 is 5.32 Å². The molecule has 2 rings (SSSR count). The zero-order chi connectivity index (χ0) is 14.7. The molecule has 0 aliphatic carbocycles. The summed E-state index contributed by atoms with van der Waals surface area (Å²) in [5.41, 5.74) is 1.28. The van der Waals surface area contributed by atoms with Gasteiger partial charge in [-0.3, -0.25) is 0 Å². The van der Waals surface area contributed by atoms with Crippen LogP contribution in [0.3, 0.4) is 0 Å². The molecule has 4 heteroatoms. The van der Waals surface area contributed by atoms with E-state index >= 15 is 0 Å². The van der Waals surface area contributed by atoms with E-state index in [1.54, 1.807) is 17.8 Å². The first kappa shape index (κ1) is 17.9. The number of thioether (sulfide) groups is 1. The van der Waals surface area contributed by atoms with Crippen molar-refractivity contribution < 1.29 is 4.39 Å². The molecule has 0 saturated carbocycles. The highest BCUT2D eigenvalue weighted by Gasteiger charge is 2.17. The maximum atomic E-state index is 13.1. The van der Waals surface area contributed by atoms with E-state index in [1.807, 2.05) is 32.4 Å². The van der Waals surface area contributed by atoms with Gasteiger partial charge in [0, 0.05) is 6.04 Å². The molecule has 0 spiro atoms. The summed E-state index contributed by atoms with van der Waals surface area (Å²) >= 11 is 1.75. The third-order valence-electron chi connectivity index (χ3n) is 2.51. The highest BCUT2D eigenvalue weighted by molar-refractivity contribution is 7.97. The van der Waals surface area contributed by atoms with E-state index in [4.69, 9.17) is 5.26 Å². The second-order valence-corrected chi connectivity index (χ2v) is 4.76. The minimum Gasteiger partial charge on any atom is -0.310 e. The second-order valence-electron chi connectivity index (χ2n) is 3.94. The SMILES string of the molecule is CC.CSC.N#Cc1cc(F)cc(C2CCCN2)c1. The molecule has 1 aromatic rings. The number of benzene rings is 1. The Morgan fingerprint density at radius 3 is 2.42 bits per heavy atom. The van der Waals surface area contributed by atoms with Gasteiger partial charge in [0.15, 0.2) is 0 Å². The number of hydrogen-bond acceptors (Lipinski definition) is 3. The quantitative estimate of drug-likeness (QED) is 0.841. The lowest BCUT2D eigenvalue weighted by atomic mass is 10.0. The predicted octanol–water partition coefficient (Wildman–Crippen LogP) is 4.13. The molecule has 2 nitrogen and oxygen atoms in total. The highest BCUT2D eigenvalue weighted by atomic mass is 32.2. The van der Waals surface area contributed by atoms with E-state index in [2.05, 4.69) is 5.32 Å². The van der Waals surface area contributed by atoms with Gasteiger partial charge in [-0.2, -0.15) is 17.0 Å². The van der Waals surface area contributed by atoms with Crippen LogP contribution in [0.5, 0.6) is 0 Å². The number of nitrogens with one attached hydrogen (secondary N) is 1. The summed E-state index contributed by atoms with van der Waals surface area (Å²) in [6.45, 7) is 4.98. The van der Waals surface area contributed by atoms with Crippen LogP contribution in [-0.4, -0.2) is 19.1 Å². The molecular formula is C15H23FN2S. The van der Waals surface area contributed by atoms with E-state index in [1.165, 1.54) is 12.1 Å². The maximum absolute atomic E-state index is 13.1. The average Bonchev–Trinajstić information content (AvgIpc) is 2.95. The Morgan fingerprint density at radius 2 is 1.95 bits per heavy atom. The van der Waals surface area contributed by atoms with Crippen LogP contribution >= 0.6 is 11.8 Å². The van der Waals surface area contributed by atoms with Gasteiger partial charge in [-0.05, 0) is 55.7 Å². The van der Waals surface area contributed by atoms with Crippen LogP contribution in [0.15, 0.2) is 18.2 Å². The van der Waals surface area contributed by atoms with Crippen molar-refractivity contribution in [2.45, 2.75) is 32.7 Å². The van der Waals surface area contributed by atoms with Gasteiger partial charge in [-0.15, -0.1) is 0 Å². The first-order valence-electron chi connectivity index (χ1n) is 6.55. The van der Waals surface area contributed by atoms with Gasteiger partial charge in [-0.25, -0.2) is 4.39 Å². The smallest absolute Gasteiger partial charge is 0.124 e. The van der Waals surface area contributed by atoms with Gasteiger partial charge >= 0.3 is 0 Å². The summed E-state index contributed by atoms with van der Waals surface area (Å²) in [4.78, 5) is 0. The molecule has 1 unspecified atom stereocenters. The van der Waals surface area contributed by atoms with Crippen molar-refractivity contribution in [2.24, 2.45) is 0 Å². The fourth-order valence-corrected chi connectivity index (χ4v) is 1.85. The van der Waals surface area contributed by atoms with E-state index in [0.29, 0.717) is 5.56 Å². The number of nitriles is 1. The van der Waals surface area contributed by atoms with Crippen molar-refractivity contribution in [1.29, 1.82) is 5.26 Å². The summed E-state index contributed by atoms with van der Waals surface area (Å²) in [5.74, 6) is -0.326. The van der Waals surface area contributed by atoms with E-state index in [0.717, 1.165) is 24.9 Å². The lowest BCUT2D eigenvalue weighted by Crippen LogP contribution is -2.13. The van der Waals surface area contributed by atoms with E-state index in [9.17, 15) is 4.39 Å². The van der Waals surface area contributed by atoms with E-state index in [-0.39, 0.29) is 11.9 Å². The second kappa shape index (κ2) is 10.8. The molecule has 0 aromatic heterocycles. The lowest BCUT2D eigenvalue weighted by molar-refractivity contribution is 0.606. The summed E-state index contributed by atoms with van der Waals surface area (Å²) in [7, 11) is 0. The van der Waals surface area contributed by atoms with Gasteiger partial charge < -0.3 is 5.32 Å². The Bertz CT molecular complexity index is 396. The Kier molecular flexibility index (Phi) is 10.2. The third-order valence-corrected chi connectivity index (χ3v) is 2.51. The largest absolute Gasteiger partial charge is 0.310 e. The van der Waals surface area contributed by atoms with Crippen molar-refractivity contribution in [2.75, 3.05) is 19.1 Å². The Labute approximate surface area is 120 Å². The molecule has 0 amide bonds. The van der Waals surface area contributed by atoms with Gasteiger partial charge in [0.25, 0.3) is 0 Å². The van der Waals surface area contributed by atoms with Crippen LogP contribution in [0.4, 0.5) is 4.39 Å². The van der Waals surface area contributed by atoms with Crippen molar-refractivity contribution in [3.63, 3.8) is 0 Å². The Hall–Kier alpha value is -1.05. The van der Waals surface area contributed by atoms with Gasteiger partial charge in [0.05, 0.1) is 11.6 Å². The van der Waals surface area contributed by atoms with Crippen LogP contribution in [-0.2, 0) is 0 Å². The van der Waals surface area contributed by atoms with Crippen molar-refractivity contribution in [1.82, 2.24) is 5.32 Å². The Morgan fingerprint density at radius 1 is 1.32 bits per heavy atom. The standard InChI is InChI=1S/C11H11FN2.C2H6S.C2H6/c12-10-5-8(7-13)4-9(6-10)11-2-1-3-14-11;1-3-2;1-2/h4-6,11,14H,1-3H2;1-2H3;1-2H3. The van der Waals surface area contributed by atoms with Crippen LogP contribution in [0.1, 0.15) is 43.9 Å². The van der Waals surface area contributed by atoms with Crippen molar-refractivity contribution in [3.8, 4) is 6.07 Å². The monoisotopic (exact) mass is 282 g/mol. The molecule has 1 fully saturated rings. The molecule has 1 atom stereocenters. The van der Waals surface area contributed by atoms with Gasteiger partial charge in [0.1, 0.15) is 5.82 Å². The molecule has 1 aliphatic rings. The van der Waals surface area contributed by atoms with Crippen LogP contribution in [0.2, 0.25) is 0 Å².